The van der Waals surface area contributed by atoms with Crippen LogP contribution in [-0.4, -0.2) is 24.7 Å². The molecule has 0 aromatic heterocycles. The first-order chi connectivity index (χ1) is 14.4. The summed E-state index contributed by atoms with van der Waals surface area (Å²) in [6.45, 7) is 7.16. The summed E-state index contributed by atoms with van der Waals surface area (Å²) in [5, 5.41) is 3.40. The Kier molecular flexibility index (Phi) is 4.77. The van der Waals surface area contributed by atoms with Crippen LogP contribution in [0.5, 0.6) is 0 Å². The van der Waals surface area contributed by atoms with Gasteiger partial charge in [-0.05, 0) is 53.1 Å². The first-order valence-corrected chi connectivity index (χ1v) is 11.4. The molecule has 3 nitrogen and oxygen atoms in total. The summed E-state index contributed by atoms with van der Waals surface area (Å²) in [6, 6.07) is 21.9. The van der Waals surface area contributed by atoms with Crippen LogP contribution in [0.15, 0.2) is 60.7 Å². The van der Waals surface area contributed by atoms with Crippen molar-refractivity contribution in [2.75, 3.05) is 6.61 Å². The second-order valence-electron chi connectivity index (χ2n) is 10.3. The van der Waals surface area contributed by atoms with Gasteiger partial charge in [0.25, 0.3) is 0 Å². The largest absolute Gasteiger partial charge is 0.377 e. The highest BCUT2D eigenvalue weighted by molar-refractivity contribution is 5.73. The van der Waals surface area contributed by atoms with Gasteiger partial charge in [-0.15, -0.1) is 0 Å². The van der Waals surface area contributed by atoms with Crippen LogP contribution >= 0.6 is 0 Å². The molecule has 0 unspecified atom stereocenters. The van der Waals surface area contributed by atoms with Crippen LogP contribution in [0.3, 0.4) is 0 Å². The summed E-state index contributed by atoms with van der Waals surface area (Å²) in [5.74, 6) is 1.41. The zero-order valence-corrected chi connectivity index (χ0v) is 18.3. The first-order valence-electron chi connectivity index (χ1n) is 11.4. The summed E-state index contributed by atoms with van der Waals surface area (Å²) in [5.41, 5.74) is 2.93. The van der Waals surface area contributed by atoms with Gasteiger partial charge in [0.2, 0.25) is 5.91 Å². The summed E-state index contributed by atoms with van der Waals surface area (Å²) in [4.78, 5) is 12.2. The molecule has 5 atom stereocenters. The van der Waals surface area contributed by atoms with Gasteiger partial charge in [-0.3, -0.25) is 4.79 Å². The van der Waals surface area contributed by atoms with Crippen LogP contribution < -0.4 is 5.32 Å². The van der Waals surface area contributed by atoms with Crippen molar-refractivity contribution in [3.63, 3.8) is 0 Å². The van der Waals surface area contributed by atoms with Crippen molar-refractivity contribution in [3.8, 4) is 0 Å². The van der Waals surface area contributed by atoms with Crippen LogP contribution in [0.2, 0.25) is 0 Å². The highest BCUT2D eigenvalue weighted by atomic mass is 16.5. The quantitative estimate of drug-likeness (QED) is 0.765. The number of carbonyl (C=O) groups is 1. The fraction of sp³-hybridized carbons (Fsp3) is 0.519. The lowest BCUT2D eigenvalue weighted by atomic mass is 9.57. The van der Waals surface area contributed by atoms with Crippen molar-refractivity contribution in [1.29, 1.82) is 0 Å². The van der Waals surface area contributed by atoms with Gasteiger partial charge in [0.1, 0.15) is 0 Å². The summed E-state index contributed by atoms with van der Waals surface area (Å²) in [7, 11) is 0. The molecule has 1 heterocycles. The zero-order chi connectivity index (χ0) is 20.9. The van der Waals surface area contributed by atoms with Gasteiger partial charge in [0, 0.05) is 25.5 Å². The number of benzene rings is 2. The Labute approximate surface area is 180 Å². The van der Waals surface area contributed by atoms with Gasteiger partial charge in [0.05, 0.1) is 6.10 Å². The van der Waals surface area contributed by atoms with Crippen molar-refractivity contribution in [2.24, 2.45) is 22.7 Å². The fourth-order valence-electron chi connectivity index (χ4n) is 7.26. The first kappa shape index (κ1) is 19.8. The van der Waals surface area contributed by atoms with Gasteiger partial charge < -0.3 is 10.1 Å². The standard InChI is InChI=1S/C27H33NO2/c1-18(29)28-25-26(2,3)21-16-22-24(30-15-14-27(22,25)17-21)23(19-10-6-4-7-11-19)20-12-8-5-9-13-20/h4-13,21-25H,14-17H2,1-3H3,(H,28,29)/t21-,22-,24+,25+,27-/m1/s1. The van der Waals surface area contributed by atoms with E-state index in [4.69, 9.17) is 4.74 Å². The lowest BCUT2D eigenvalue weighted by Crippen LogP contribution is -2.60. The van der Waals surface area contributed by atoms with Gasteiger partial charge >= 0.3 is 0 Å². The third kappa shape index (κ3) is 2.93. The van der Waals surface area contributed by atoms with E-state index in [1.165, 1.54) is 24.0 Å². The van der Waals surface area contributed by atoms with Crippen molar-refractivity contribution < 1.29 is 9.53 Å². The van der Waals surface area contributed by atoms with Crippen molar-refractivity contribution in [1.82, 2.24) is 5.32 Å². The number of fused-ring (bicyclic) bond motifs is 1. The van der Waals surface area contributed by atoms with Gasteiger partial charge in [-0.25, -0.2) is 0 Å². The van der Waals surface area contributed by atoms with Crippen molar-refractivity contribution >= 4 is 5.91 Å². The van der Waals surface area contributed by atoms with E-state index in [2.05, 4.69) is 79.8 Å². The molecule has 2 saturated carbocycles. The normalized spacial score (nSPS) is 34.0. The molecule has 0 radical (unpaired) electrons. The van der Waals surface area contributed by atoms with E-state index in [-0.39, 0.29) is 34.8 Å². The third-order valence-electron chi connectivity index (χ3n) is 8.54. The highest BCUT2D eigenvalue weighted by Crippen LogP contribution is 2.69. The summed E-state index contributed by atoms with van der Waals surface area (Å²) < 4.78 is 6.62. The van der Waals surface area contributed by atoms with Crippen LogP contribution in [0.25, 0.3) is 0 Å². The number of nitrogens with one attached hydrogen (secondary N) is 1. The van der Waals surface area contributed by atoms with E-state index >= 15 is 0 Å². The number of ether oxygens (including phenoxy) is 1. The summed E-state index contributed by atoms with van der Waals surface area (Å²) >= 11 is 0. The number of amides is 1. The lowest BCUT2D eigenvalue weighted by Gasteiger charge is -2.54. The number of carbonyl (C=O) groups excluding carboxylic acids is 1. The second-order valence-corrected chi connectivity index (χ2v) is 10.3. The van der Waals surface area contributed by atoms with E-state index in [1.54, 1.807) is 6.92 Å². The number of hydrogen-bond donors (Lipinski definition) is 1. The molecule has 30 heavy (non-hydrogen) atoms. The van der Waals surface area contributed by atoms with Crippen LogP contribution in [0.4, 0.5) is 0 Å². The van der Waals surface area contributed by atoms with Gasteiger partial charge in [-0.1, -0.05) is 74.5 Å². The molecule has 2 aromatic rings. The molecule has 1 aliphatic heterocycles. The molecule has 3 heteroatoms. The third-order valence-corrected chi connectivity index (χ3v) is 8.54. The van der Waals surface area contributed by atoms with E-state index in [0.29, 0.717) is 11.8 Å². The average Bonchev–Trinajstić information content (AvgIpc) is 3.23. The summed E-state index contributed by atoms with van der Waals surface area (Å²) in [6.07, 6.45) is 3.60. The topological polar surface area (TPSA) is 38.3 Å². The molecule has 1 spiro atoms. The molecular formula is C27H33NO2. The Balaban J connectivity index is 1.57. The Morgan fingerprint density at radius 2 is 1.63 bits per heavy atom. The molecule has 3 fully saturated rings. The van der Waals surface area contributed by atoms with E-state index in [9.17, 15) is 4.79 Å². The molecular weight excluding hydrogens is 370 g/mol. The molecule has 1 saturated heterocycles. The zero-order valence-electron chi connectivity index (χ0n) is 18.3. The molecule has 158 valence electrons. The predicted molar refractivity (Wildman–Crippen MR) is 119 cm³/mol. The van der Waals surface area contributed by atoms with Crippen LogP contribution in [0, 0.1) is 22.7 Å². The molecule has 2 bridgehead atoms. The fourth-order valence-corrected chi connectivity index (χ4v) is 7.26. The average molecular weight is 404 g/mol. The van der Waals surface area contributed by atoms with Crippen LogP contribution in [-0.2, 0) is 9.53 Å². The molecule has 2 aromatic carbocycles. The Bertz CT molecular complexity index is 869. The Hall–Kier alpha value is -2.13. The molecule has 2 aliphatic carbocycles. The minimum atomic E-state index is 0.0967. The van der Waals surface area contributed by atoms with E-state index in [1.807, 2.05) is 0 Å². The molecule has 3 aliphatic rings. The maximum Gasteiger partial charge on any atom is 0.217 e. The second kappa shape index (κ2) is 7.23. The minimum Gasteiger partial charge on any atom is -0.377 e. The smallest absolute Gasteiger partial charge is 0.217 e. The van der Waals surface area contributed by atoms with Gasteiger partial charge in [0.15, 0.2) is 0 Å². The maximum atomic E-state index is 12.2. The lowest BCUT2D eigenvalue weighted by molar-refractivity contribution is -0.137. The highest BCUT2D eigenvalue weighted by Gasteiger charge is 2.69. The van der Waals surface area contributed by atoms with E-state index in [0.717, 1.165) is 13.0 Å². The Morgan fingerprint density at radius 1 is 1.03 bits per heavy atom. The molecule has 1 amide bonds. The van der Waals surface area contributed by atoms with Crippen LogP contribution in [0.1, 0.15) is 57.1 Å². The van der Waals surface area contributed by atoms with Crippen molar-refractivity contribution in [3.05, 3.63) is 71.8 Å². The monoisotopic (exact) mass is 403 g/mol. The van der Waals surface area contributed by atoms with E-state index < -0.39 is 0 Å². The minimum absolute atomic E-state index is 0.0967. The Morgan fingerprint density at radius 3 is 2.20 bits per heavy atom. The maximum absolute atomic E-state index is 12.2. The SMILES string of the molecule is CC(=O)N[C@H]1C(C)(C)[C@@H]2C[C@@H]3[C@@H](C(c4ccccc4)c4ccccc4)OCC[C@@]31C2. The molecule has 5 rings (SSSR count). The number of hydrogen-bond acceptors (Lipinski definition) is 2. The number of rotatable bonds is 4. The van der Waals surface area contributed by atoms with Crippen molar-refractivity contribution in [2.45, 2.75) is 58.1 Å². The molecule has 1 N–H and O–H groups in total. The predicted octanol–water partition coefficient (Wildman–Crippen LogP) is 5.16. The van der Waals surface area contributed by atoms with Gasteiger partial charge in [-0.2, -0.15) is 0 Å².